The van der Waals surface area contributed by atoms with E-state index in [1.807, 2.05) is 32.0 Å². The number of rotatable bonds is 6. The van der Waals surface area contributed by atoms with E-state index in [-0.39, 0.29) is 24.4 Å². The summed E-state index contributed by atoms with van der Waals surface area (Å²) in [6, 6.07) is 9.19. The summed E-state index contributed by atoms with van der Waals surface area (Å²) < 4.78 is 5.54. The lowest BCUT2D eigenvalue weighted by atomic mass is 10.3. The maximum Gasteiger partial charge on any atom is 0.263 e. The van der Waals surface area contributed by atoms with E-state index in [0.717, 1.165) is 0 Å². The summed E-state index contributed by atoms with van der Waals surface area (Å²) in [5.41, 5.74) is 0. The molecule has 0 saturated carbocycles. The Bertz CT molecular complexity index is 446. The standard InChI is InChI=1S/C15H22N2O3/c1-11(2)16-14(18)10-17(4)15(19)12(3)20-13-8-6-5-7-9-13/h5-9,11-12H,10H2,1-4H3,(H,16,18). The number of benzene rings is 1. The second-order valence-electron chi connectivity index (χ2n) is 4.99. The van der Waals surface area contributed by atoms with Gasteiger partial charge in [0.05, 0.1) is 6.54 Å². The molecule has 1 N–H and O–H groups in total. The minimum absolute atomic E-state index is 0.0273. The van der Waals surface area contributed by atoms with Gasteiger partial charge in [0.1, 0.15) is 5.75 Å². The molecule has 1 rings (SSSR count). The van der Waals surface area contributed by atoms with Crippen LogP contribution in [0.4, 0.5) is 0 Å². The summed E-state index contributed by atoms with van der Waals surface area (Å²) in [4.78, 5) is 25.1. The van der Waals surface area contributed by atoms with E-state index < -0.39 is 6.10 Å². The monoisotopic (exact) mass is 278 g/mol. The van der Waals surface area contributed by atoms with Gasteiger partial charge in [0.2, 0.25) is 5.91 Å². The molecule has 2 amide bonds. The van der Waals surface area contributed by atoms with Crippen molar-refractivity contribution in [3.8, 4) is 5.75 Å². The first-order valence-electron chi connectivity index (χ1n) is 6.66. The molecule has 0 bridgehead atoms. The molecule has 0 heterocycles. The van der Waals surface area contributed by atoms with Gasteiger partial charge in [-0.15, -0.1) is 0 Å². The van der Waals surface area contributed by atoms with E-state index in [9.17, 15) is 9.59 Å². The quantitative estimate of drug-likeness (QED) is 0.856. The highest BCUT2D eigenvalue weighted by molar-refractivity contribution is 5.86. The molecule has 0 aromatic heterocycles. The fourth-order valence-corrected chi connectivity index (χ4v) is 1.72. The fourth-order valence-electron chi connectivity index (χ4n) is 1.72. The Balaban J connectivity index is 2.49. The first-order valence-corrected chi connectivity index (χ1v) is 6.66. The van der Waals surface area contributed by atoms with Crippen molar-refractivity contribution < 1.29 is 14.3 Å². The molecule has 1 atom stereocenters. The van der Waals surface area contributed by atoms with Crippen LogP contribution in [0.15, 0.2) is 30.3 Å². The predicted molar refractivity (Wildman–Crippen MR) is 77.4 cm³/mol. The number of hydrogen-bond acceptors (Lipinski definition) is 3. The molecule has 0 aliphatic carbocycles. The van der Waals surface area contributed by atoms with Crippen molar-refractivity contribution in [1.29, 1.82) is 0 Å². The second kappa shape index (κ2) is 7.53. The van der Waals surface area contributed by atoms with Crippen molar-refractivity contribution in [2.24, 2.45) is 0 Å². The van der Waals surface area contributed by atoms with Crippen LogP contribution < -0.4 is 10.1 Å². The van der Waals surface area contributed by atoms with Crippen LogP contribution in [-0.4, -0.2) is 42.5 Å². The fraction of sp³-hybridized carbons (Fsp3) is 0.467. The third-order valence-corrected chi connectivity index (χ3v) is 2.61. The molecule has 0 fully saturated rings. The molecule has 0 spiro atoms. The Hall–Kier alpha value is -2.04. The zero-order valence-corrected chi connectivity index (χ0v) is 12.4. The smallest absolute Gasteiger partial charge is 0.263 e. The van der Waals surface area contributed by atoms with E-state index in [0.29, 0.717) is 5.75 Å². The van der Waals surface area contributed by atoms with E-state index >= 15 is 0 Å². The van der Waals surface area contributed by atoms with Gasteiger partial charge in [0, 0.05) is 13.1 Å². The number of likely N-dealkylation sites (N-methyl/N-ethyl adjacent to an activating group) is 1. The van der Waals surface area contributed by atoms with Crippen molar-refractivity contribution in [3.05, 3.63) is 30.3 Å². The van der Waals surface area contributed by atoms with Crippen LogP contribution in [0.5, 0.6) is 5.75 Å². The van der Waals surface area contributed by atoms with Crippen LogP contribution in [0.25, 0.3) is 0 Å². The largest absolute Gasteiger partial charge is 0.481 e. The molecule has 0 saturated heterocycles. The number of nitrogens with zero attached hydrogens (tertiary/aromatic N) is 1. The maximum absolute atomic E-state index is 12.1. The van der Waals surface area contributed by atoms with Crippen molar-refractivity contribution in [3.63, 3.8) is 0 Å². The van der Waals surface area contributed by atoms with Crippen LogP contribution in [0, 0.1) is 0 Å². The molecule has 20 heavy (non-hydrogen) atoms. The van der Waals surface area contributed by atoms with E-state index in [1.165, 1.54) is 4.90 Å². The van der Waals surface area contributed by atoms with Gasteiger partial charge in [-0.1, -0.05) is 18.2 Å². The molecule has 0 aliphatic heterocycles. The number of amides is 2. The van der Waals surface area contributed by atoms with Gasteiger partial charge in [-0.05, 0) is 32.9 Å². The molecule has 1 unspecified atom stereocenters. The number of carbonyl (C=O) groups is 2. The molecule has 0 radical (unpaired) electrons. The number of nitrogens with one attached hydrogen (secondary N) is 1. The number of hydrogen-bond donors (Lipinski definition) is 1. The summed E-state index contributed by atoms with van der Waals surface area (Å²) in [5, 5.41) is 2.74. The van der Waals surface area contributed by atoms with Gasteiger partial charge >= 0.3 is 0 Å². The topological polar surface area (TPSA) is 58.6 Å². The number of ether oxygens (including phenoxy) is 1. The Morgan fingerprint density at radius 1 is 1.20 bits per heavy atom. The summed E-state index contributed by atoms with van der Waals surface area (Å²) in [6.45, 7) is 5.45. The van der Waals surface area contributed by atoms with E-state index in [4.69, 9.17) is 4.74 Å². The van der Waals surface area contributed by atoms with Gasteiger partial charge in [0.25, 0.3) is 5.91 Å². The van der Waals surface area contributed by atoms with Crippen molar-refractivity contribution in [1.82, 2.24) is 10.2 Å². The highest BCUT2D eigenvalue weighted by Crippen LogP contribution is 2.11. The highest BCUT2D eigenvalue weighted by Gasteiger charge is 2.21. The van der Waals surface area contributed by atoms with Gasteiger partial charge in [-0.2, -0.15) is 0 Å². The highest BCUT2D eigenvalue weighted by atomic mass is 16.5. The minimum Gasteiger partial charge on any atom is -0.481 e. The molecule has 0 aliphatic rings. The molecule has 5 heteroatoms. The van der Waals surface area contributed by atoms with Crippen LogP contribution in [0.1, 0.15) is 20.8 Å². The van der Waals surface area contributed by atoms with Crippen molar-refractivity contribution in [2.75, 3.05) is 13.6 Å². The van der Waals surface area contributed by atoms with Crippen molar-refractivity contribution >= 4 is 11.8 Å². The lowest BCUT2D eigenvalue weighted by Gasteiger charge is -2.22. The van der Waals surface area contributed by atoms with Gasteiger partial charge < -0.3 is 15.0 Å². The number of para-hydroxylation sites is 1. The summed E-state index contributed by atoms with van der Waals surface area (Å²) in [5.74, 6) is 0.226. The van der Waals surface area contributed by atoms with Gasteiger partial charge in [0.15, 0.2) is 6.10 Å². The van der Waals surface area contributed by atoms with Crippen LogP contribution >= 0.6 is 0 Å². The maximum atomic E-state index is 12.1. The molecular formula is C15H22N2O3. The average molecular weight is 278 g/mol. The summed E-state index contributed by atoms with van der Waals surface area (Å²) >= 11 is 0. The van der Waals surface area contributed by atoms with Crippen LogP contribution in [-0.2, 0) is 9.59 Å². The van der Waals surface area contributed by atoms with Gasteiger partial charge in [-0.25, -0.2) is 0 Å². The Kier molecular flexibility index (Phi) is 6.03. The van der Waals surface area contributed by atoms with Gasteiger partial charge in [-0.3, -0.25) is 9.59 Å². The zero-order valence-electron chi connectivity index (χ0n) is 12.4. The molecule has 110 valence electrons. The molecule has 5 nitrogen and oxygen atoms in total. The molecule has 1 aromatic rings. The van der Waals surface area contributed by atoms with Crippen LogP contribution in [0.2, 0.25) is 0 Å². The lowest BCUT2D eigenvalue weighted by Crippen LogP contribution is -2.44. The predicted octanol–water partition coefficient (Wildman–Crippen LogP) is 1.44. The third kappa shape index (κ3) is 5.30. The lowest BCUT2D eigenvalue weighted by molar-refractivity contribution is -0.140. The van der Waals surface area contributed by atoms with Crippen LogP contribution in [0.3, 0.4) is 0 Å². The zero-order chi connectivity index (χ0) is 15.1. The van der Waals surface area contributed by atoms with Crippen molar-refractivity contribution in [2.45, 2.75) is 32.9 Å². The summed E-state index contributed by atoms with van der Waals surface area (Å²) in [7, 11) is 1.59. The Labute approximate surface area is 119 Å². The van der Waals surface area contributed by atoms with E-state index in [1.54, 1.807) is 26.1 Å². The van der Waals surface area contributed by atoms with E-state index in [2.05, 4.69) is 5.32 Å². The number of carbonyl (C=O) groups excluding carboxylic acids is 2. The third-order valence-electron chi connectivity index (χ3n) is 2.61. The average Bonchev–Trinajstić information content (AvgIpc) is 2.37. The summed E-state index contributed by atoms with van der Waals surface area (Å²) in [6.07, 6.45) is -0.630. The Morgan fingerprint density at radius 2 is 1.80 bits per heavy atom. The SMILES string of the molecule is CC(C)NC(=O)CN(C)C(=O)C(C)Oc1ccccc1. The first kappa shape index (κ1) is 16.0. The second-order valence-corrected chi connectivity index (χ2v) is 4.99. The molecular weight excluding hydrogens is 256 g/mol. The normalized spacial score (nSPS) is 11.8. The minimum atomic E-state index is -0.630. The Morgan fingerprint density at radius 3 is 2.35 bits per heavy atom. The first-order chi connectivity index (χ1) is 9.40. The molecule has 1 aromatic carbocycles.